The highest BCUT2D eigenvalue weighted by Gasteiger charge is 2.48. The van der Waals surface area contributed by atoms with Crippen LogP contribution >= 0.6 is 0 Å². The van der Waals surface area contributed by atoms with Crippen molar-refractivity contribution in [3.05, 3.63) is 11.1 Å². The summed E-state index contributed by atoms with van der Waals surface area (Å²) in [4.78, 5) is 0. The van der Waals surface area contributed by atoms with Crippen molar-refractivity contribution >= 4 is 0 Å². The summed E-state index contributed by atoms with van der Waals surface area (Å²) in [6.45, 7) is 13.9. The SMILES string of the molecule is CC(=C(C)C1(C)CC1C)C(C)C. The lowest BCUT2D eigenvalue weighted by atomic mass is 9.88. The molecule has 0 aromatic carbocycles. The van der Waals surface area contributed by atoms with E-state index in [0.29, 0.717) is 5.41 Å². The van der Waals surface area contributed by atoms with Gasteiger partial charge in [-0.25, -0.2) is 0 Å². The molecule has 0 heterocycles. The van der Waals surface area contributed by atoms with Gasteiger partial charge >= 0.3 is 0 Å². The number of allylic oxidation sites excluding steroid dienone is 2. The highest BCUT2D eigenvalue weighted by atomic mass is 14.5. The van der Waals surface area contributed by atoms with Crippen LogP contribution in [0.5, 0.6) is 0 Å². The molecule has 0 spiro atoms. The maximum absolute atomic E-state index is 2.40. The van der Waals surface area contributed by atoms with Gasteiger partial charge < -0.3 is 0 Å². The highest BCUT2D eigenvalue weighted by Crippen LogP contribution is 2.57. The molecule has 12 heavy (non-hydrogen) atoms. The molecule has 2 unspecified atom stereocenters. The molecule has 0 heteroatoms. The Morgan fingerprint density at radius 1 is 1.33 bits per heavy atom. The first-order valence-electron chi connectivity index (χ1n) is 5.07. The van der Waals surface area contributed by atoms with Gasteiger partial charge in [0.2, 0.25) is 0 Å². The van der Waals surface area contributed by atoms with E-state index in [-0.39, 0.29) is 0 Å². The highest BCUT2D eigenvalue weighted by molar-refractivity contribution is 5.26. The summed E-state index contributed by atoms with van der Waals surface area (Å²) in [7, 11) is 0. The second kappa shape index (κ2) is 2.90. The zero-order chi connectivity index (χ0) is 9.52. The lowest BCUT2D eigenvalue weighted by molar-refractivity contribution is 0.592. The van der Waals surface area contributed by atoms with Crippen LogP contribution in [0.15, 0.2) is 11.1 Å². The summed E-state index contributed by atoms with van der Waals surface area (Å²) in [6.07, 6.45) is 1.39. The first-order valence-corrected chi connectivity index (χ1v) is 5.07. The number of rotatable bonds is 2. The summed E-state index contributed by atoms with van der Waals surface area (Å²) < 4.78 is 0. The van der Waals surface area contributed by atoms with Crippen molar-refractivity contribution in [3.63, 3.8) is 0 Å². The maximum Gasteiger partial charge on any atom is -0.00877 e. The maximum atomic E-state index is 2.40. The van der Waals surface area contributed by atoms with Gasteiger partial charge in [-0.1, -0.05) is 38.8 Å². The third kappa shape index (κ3) is 1.44. The fourth-order valence-corrected chi connectivity index (χ4v) is 1.98. The van der Waals surface area contributed by atoms with Crippen LogP contribution in [-0.2, 0) is 0 Å². The second-order valence-corrected chi connectivity index (χ2v) is 4.99. The fraction of sp³-hybridized carbons (Fsp3) is 0.833. The predicted molar refractivity (Wildman–Crippen MR) is 55.1 cm³/mol. The summed E-state index contributed by atoms with van der Waals surface area (Å²) in [5, 5.41) is 0. The van der Waals surface area contributed by atoms with E-state index >= 15 is 0 Å². The third-order valence-corrected chi connectivity index (χ3v) is 3.97. The largest absolute Gasteiger partial charge is 0.0713 e. The van der Waals surface area contributed by atoms with E-state index in [0.717, 1.165) is 11.8 Å². The van der Waals surface area contributed by atoms with E-state index in [1.165, 1.54) is 6.42 Å². The standard InChI is InChI=1S/C12H22/c1-8(2)10(4)11(5)12(6)7-9(12)3/h8-9H,7H2,1-6H3. The van der Waals surface area contributed by atoms with E-state index in [1.54, 1.807) is 11.1 Å². The molecule has 1 fully saturated rings. The van der Waals surface area contributed by atoms with E-state index in [9.17, 15) is 0 Å². The van der Waals surface area contributed by atoms with Gasteiger partial charge in [0, 0.05) is 0 Å². The van der Waals surface area contributed by atoms with Crippen LogP contribution in [0, 0.1) is 17.3 Å². The van der Waals surface area contributed by atoms with Gasteiger partial charge in [-0.15, -0.1) is 0 Å². The quantitative estimate of drug-likeness (QED) is 0.543. The van der Waals surface area contributed by atoms with Gasteiger partial charge in [-0.3, -0.25) is 0 Å². The molecule has 1 rings (SSSR count). The third-order valence-electron chi connectivity index (χ3n) is 3.97. The fourth-order valence-electron chi connectivity index (χ4n) is 1.98. The van der Waals surface area contributed by atoms with Gasteiger partial charge in [-0.05, 0) is 37.5 Å². The Bertz CT molecular complexity index is 210. The van der Waals surface area contributed by atoms with Crippen LogP contribution in [0.4, 0.5) is 0 Å². The smallest absolute Gasteiger partial charge is 0.00877 e. The number of hydrogen-bond acceptors (Lipinski definition) is 0. The van der Waals surface area contributed by atoms with Crippen molar-refractivity contribution in [1.29, 1.82) is 0 Å². The minimum Gasteiger partial charge on any atom is -0.0713 e. The van der Waals surface area contributed by atoms with Crippen LogP contribution < -0.4 is 0 Å². The Morgan fingerprint density at radius 3 is 2.00 bits per heavy atom. The topological polar surface area (TPSA) is 0 Å². The second-order valence-electron chi connectivity index (χ2n) is 4.99. The molecule has 1 aliphatic rings. The summed E-state index contributed by atoms with van der Waals surface area (Å²) in [5.41, 5.74) is 3.79. The molecule has 0 nitrogen and oxygen atoms in total. The molecule has 0 radical (unpaired) electrons. The van der Waals surface area contributed by atoms with Crippen LogP contribution in [0.1, 0.15) is 48.0 Å². The van der Waals surface area contributed by atoms with Crippen LogP contribution in [0.2, 0.25) is 0 Å². The normalized spacial score (nSPS) is 36.8. The first-order chi connectivity index (χ1) is 5.39. The van der Waals surface area contributed by atoms with E-state index < -0.39 is 0 Å². The molecule has 1 aliphatic carbocycles. The van der Waals surface area contributed by atoms with Crippen molar-refractivity contribution in [3.8, 4) is 0 Å². The lowest BCUT2D eigenvalue weighted by Crippen LogP contribution is -2.04. The number of hydrogen-bond donors (Lipinski definition) is 0. The monoisotopic (exact) mass is 166 g/mol. The molecule has 0 amide bonds. The van der Waals surface area contributed by atoms with Crippen molar-refractivity contribution in [2.75, 3.05) is 0 Å². The van der Waals surface area contributed by atoms with Crippen molar-refractivity contribution in [2.45, 2.75) is 48.0 Å². The first kappa shape index (κ1) is 9.83. The molecule has 1 saturated carbocycles. The predicted octanol–water partition coefficient (Wildman–Crippen LogP) is 4.02. The Hall–Kier alpha value is -0.260. The van der Waals surface area contributed by atoms with Crippen LogP contribution in [0.3, 0.4) is 0 Å². The Balaban J connectivity index is 2.83. The van der Waals surface area contributed by atoms with Crippen molar-refractivity contribution in [1.82, 2.24) is 0 Å². The van der Waals surface area contributed by atoms with E-state index in [1.807, 2.05) is 0 Å². The summed E-state index contributed by atoms with van der Waals surface area (Å²) in [5.74, 6) is 1.63. The zero-order valence-corrected chi connectivity index (χ0v) is 9.36. The minimum atomic E-state index is 0.550. The average molecular weight is 166 g/mol. The van der Waals surface area contributed by atoms with Gasteiger partial charge in [0.05, 0.1) is 0 Å². The summed E-state index contributed by atoms with van der Waals surface area (Å²) >= 11 is 0. The molecular weight excluding hydrogens is 144 g/mol. The van der Waals surface area contributed by atoms with Gasteiger partial charge in [0.25, 0.3) is 0 Å². The molecule has 0 aromatic rings. The van der Waals surface area contributed by atoms with E-state index in [2.05, 4.69) is 41.5 Å². The molecular formula is C12H22. The van der Waals surface area contributed by atoms with Crippen molar-refractivity contribution < 1.29 is 0 Å². The Labute approximate surface area is 77.1 Å². The average Bonchev–Trinajstić information content (AvgIpc) is 2.58. The van der Waals surface area contributed by atoms with Gasteiger partial charge in [0.1, 0.15) is 0 Å². The molecule has 0 bridgehead atoms. The minimum absolute atomic E-state index is 0.550. The molecule has 0 aromatic heterocycles. The van der Waals surface area contributed by atoms with E-state index in [4.69, 9.17) is 0 Å². The van der Waals surface area contributed by atoms with Crippen LogP contribution in [0.25, 0.3) is 0 Å². The lowest BCUT2D eigenvalue weighted by Gasteiger charge is -2.17. The Kier molecular flexibility index (Phi) is 2.38. The zero-order valence-electron chi connectivity index (χ0n) is 9.36. The molecule has 2 atom stereocenters. The molecule has 0 aliphatic heterocycles. The summed E-state index contributed by atoms with van der Waals surface area (Å²) in [6, 6.07) is 0. The van der Waals surface area contributed by atoms with Crippen LogP contribution in [-0.4, -0.2) is 0 Å². The Morgan fingerprint density at radius 2 is 1.75 bits per heavy atom. The molecule has 70 valence electrons. The van der Waals surface area contributed by atoms with Gasteiger partial charge in [0.15, 0.2) is 0 Å². The molecule has 0 N–H and O–H groups in total. The van der Waals surface area contributed by atoms with Crippen molar-refractivity contribution in [2.24, 2.45) is 17.3 Å². The molecule has 0 saturated heterocycles. The van der Waals surface area contributed by atoms with Gasteiger partial charge in [-0.2, -0.15) is 0 Å².